The van der Waals surface area contributed by atoms with Gasteiger partial charge in [0.15, 0.2) is 12.6 Å². The van der Waals surface area contributed by atoms with Crippen LogP contribution in [0, 0.1) is 0 Å². The number of aliphatic carboxylic acids is 1. The summed E-state index contributed by atoms with van der Waals surface area (Å²) in [6, 6.07) is 4.65. The van der Waals surface area contributed by atoms with Gasteiger partial charge in [-0.05, 0) is 39.0 Å². The van der Waals surface area contributed by atoms with Crippen molar-refractivity contribution in [1.82, 2.24) is 4.57 Å². The topological polar surface area (TPSA) is 124 Å². The molecule has 0 radical (unpaired) electrons. The monoisotopic (exact) mass is 391 g/mol. The van der Waals surface area contributed by atoms with Crippen LogP contribution in [0.3, 0.4) is 0 Å². The summed E-state index contributed by atoms with van der Waals surface area (Å²) in [5.74, 6) is -3.18. The van der Waals surface area contributed by atoms with Crippen molar-refractivity contribution in [1.29, 1.82) is 0 Å². The normalized spacial score (nSPS) is 12.1. The van der Waals surface area contributed by atoms with Gasteiger partial charge in [0.1, 0.15) is 11.4 Å². The SMILES string of the molecule is COCOc1ccc2c(c1)c(C(=O)C=C(O)C(=O)O)cn2C(=O)OC(C)(C)C. The summed E-state index contributed by atoms with van der Waals surface area (Å²) in [6.07, 6.45) is 1.08. The molecule has 2 rings (SSSR count). The number of ketones is 1. The number of aliphatic hydroxyl groups excluding tert-OH is 1. The third-order valence-electron chi connectivity index (χ3n) is 3.46. The molecule has 150 valence electrons. The van der Waals surface area contributed by atoms with E-state index in [-0.39, 0.29) is 12.4 Å². The molecular weight excluding hydrogens is 370 g/mol. The Morgan fingerprint density at radius 2 is 1.86 bits per heavy atom. The second-order valence-corrected chi connectivity index (χ2v) is 6.82. The number of rotatable bonds is 6. The highest BCUT2D eigenvalue weighted by atomic mass is 16.7. The van der Waals surface area contributed by atoms with E-state index in [1.165, 1.54) is 19.4 Å². The van der Waals surface area contributed by atoms with Crippen LogP contribution in [0.2, 0.25) is 0 Å². The zero-order chi connectivity index (χ0) is 21.1. The lowest BCUT2D eigenvalue weighted by Crippen LogP contribution is -2.26. The maximum Gasteiger partial charge on any atom is 0.419 e. The number of aliphatic hydroxyl groups is 1. The van der Waals surface area contributed by atoms with Crippen LogP contribution < -0.4 is 4.74 Å². The molecule has 1 aromatic heterocycles. The molecule has 0 spiro atoms. The number of methoxy groups -OCH3 is 1. The second kappa shape index (κ2) is 8.13. The molecule has 0 aliphatic carbocycles. The Hall–Kier alpha value is -3.33. The maximum absolute atomic E-state index is 12.5. The summed E-state index contributed by atoms with van der Waals surface area (Å²) in [4.78, 5) is 35.8. The molecule has 2 N–H and O–H groups in total. The fourth-order valence-corrected chi connectivity index (χ4v) is 2.35. The van der Waals surface area contributed by atoms with Gasteiger partial charge in [0, 0.05) is 30.3 Å². The molecule has 0 aliphatic heterocycles. The average molecular weight is 391 g/mol. The van der Waals surface area contributed by atoms with Crippen LogP contribution in [0.1, 0.15) is 31.1 Å². The van der Waals surface area contributed by atoms with Crippen molar-refractivity contribution < 1.29 is 38.8 Å². The highest BCUT2D eigenvalue weighted by Crippen LogP contribution is 2.28. The number of benzene rings is 1. The first-order valence-corrected chi connectivity index (χ1v) is 8.22. The number of nitrogens with zero attached hydrogens (tertiary/aromatic N) is 1. The van der Waals surface area contributed by atoms with E-state index in [9.17, 15) is 19.5 Å². The maximum atomic E-state index is 12.5. The van der Waals surface area contributed by atoms with Crippen LogP contribution in [0.25, 0.3) is 10.9 Å². The Morgan fingerprint density at radius 3 is 2.43 bits per heavy atom. The fourth-order valence-electron chi connectivity index (χ4n) is 2.35. The summed E-state index contributed by atoms with van der Waals surface area (Å²) in [7, 11) is 1.45. The van der Waals surface area contributed by atoms with Gasteiger partial charge in [-0.25, -0.2) is 9.59 Å². The van der Waals surface area contributed by atoms with Crippen LogP contribution in [0.4, 0.5) is 4.79 Å². The standard InChI is InChI=1S/C19H21NO8/c1-19(2,3)28-18(25)20-9-13(15(21)8-16(22)17(23)24)12-7-11(27-10-26-4)5-6-14(12)20/h5-9,22H,10H2,1-4H3,(H,23,24). The van der Waals surface area contributed by atoms with Crippen molar-refractivity contribution in [2.75, 3.05) is 13.9 Å². The smallest absolute Gasteiger partial charge is 0.419 e. The minimum atomic E-state index is -1.65. The molecule has 0 saturated heterocycles. The minimum absolute atomic E-state index is 0.00322. The number of aromatic nitrogens is 1. The number of carboxylic acids is 1. The zero-order valence-electron chi connectivity index (χ0n) is 15.9. The molecule has 2 aromatic rings. The highest BCUT2D eigenvalue weighted by Gasteiger charge is 2.23. The molecule has 1 heterocycles. The third-order valence-corrected chi connectivity index (χ3v) is 3.46. The second-order valence-electron chi connectivity index (χ2n) is 6.82. The van der Waals surface area contributed by atoms with Crippen molar-refractivity contribution >= 4 is 28.7 Å². The van der Waals surface area contributed by atoms with Gasteiger partial charge in [0.25, 0.3) is 0 Å². The van der Waals surface area contributed by atoms with Gasteiger partial charge in [0.2, 0.25) is 5.76 Å². The lowest BCUT2D eigenvalue weighted by atomic mass is 10.1. The van der Waals surface area contributed by atoms with E-state index < -0.39 is 29.2 Å². The van der Waals surface area contributed by atoms with E-state index in [2.05, 4.69) is 0 Å². The number of fused-ring (bicyclic) bond motifs is 1. The van der Waals surface area contributed by atoms with Gasteiger partial charge in [0.05, 0.1) is 5.52 Å². The zero-order valence-corrected chi connectivity index (χ0v) is 15.9. The number of ether oxygens (including phenoxy) is 3. The molecule has 0 fully saturated rings. The lowest BCUT2D eigenvalue weighted by molar-refractivity contribution is -0.135. The Morgan fingerprint density at radius 1 is 1.18 bits per heavy atom. The Bertz CT molecular complexity index is 949. The number of hydrogen-bond acceptors (Lipinski definition) is 7. The molecule has 0 unspecified atom stereocenters. The Labute approximate surface area is 160 Å². The molecule has 0 bridgehead atoms. The molecule has 0 aliphatic rings. The molecule has 28 heavy (non-hydrogen) atoms. The van der Waals surface area contributed by atoms with E-state index in [1.54, 1.807) is 32.9 Å². The number of hydrogen-bond donors (Lipinski definition) is 2. The van der Waals surface area contributed by atoms with Gasteiger partial charge < -0.3 is 24.4 Å². The molecular formula is C19H21NO8. The summed E-state index contributed by atoms with van der Waals surface area (Å²) in [5, 5.41) is 18.5. The first-order chi connectivity index (χ1) is 13.0. The van der Waals surface area contributed by atoms with E-state index >= 15 is 0 Å². The van der Waals surface area contributed by atoms with Gasteiger partial charge >= 0.3 is 12.1 Å². The van der Waals surface area contributed by atoms with Crippen molar-refractivity contribution in [3.8, 4) is 5.75 Å². The highest BCUT2D eigenvalue weighted by molar-refractivity contribution is 6.16. The quantitative estimate of drug-likeness (QED) is 0.333. The van der Waals surface area contributed by atoms with Gasteiger partial charge in [-0.15, -0.1) is 0 Å². The van der Waals surface area contributed by atoms with Crippen molar-refractivity contribution in [2.24, 2.45) is 0 Å². The van der Waals surface area contributed by atoms with Crippen LogP contribution in [0.15, 0.2) is 36.2 Å². The number of carbonyl (C=O) groups excluding carboxylic acids is 2. The molecule has 0 amide bonds. The largest absolute Gasteiger partial charge is 0.502 e. The number of carboxylic acid groups (broad SMARTS) is 1. The summed E-state index contributed by atoms with van der Waals surface area (Å²) in [5.41, 5.74) is -0.414. The van der Waals surface area contributed by atoms with E-state index in [1.807, 2.05) is 0 Å². The summed E-state index contributed by atoms with van der Waals surface area (Å²) in [6.45, 7) is 5.08. The molecule has 0 atom stereocenters. The Kier molecular flexibility index (Phi) is 6.09. The summed E-state index contributed by atoms with van der Waals surface area (Å²) >= 11 is 0. The molecule has 9 heteroatoms. The lowest BCUT2D eigenvalue weighted by Gasteiger charge is -2.19. The molecule has 9 nitrogen and oxygen atoms in total. The Balaban J connectivity index is 2.60. The minimum Gasteiger partial charge on any atom is -0.502 e. The van der Waals surface area contributed by atoms with Crippen LogP contribution in [0.5, 0.6) is 5.75 Å². The predicted molar refractivity (Wildman–Crippen MR) is 98.8 cm³/mol. The van der Waals surface area contributed by atoms with E-state index in [0.29, 0.717) is 22.7 Å². The van der Waals surface area contributed by atoms with Crippen molar-refractivity contribution in [3.63, 3.8) is 0 Å². The van der Waals surface area contributed by atoms with Crippen molar-refractivity contribution in [3.05, 3.63) is 41.8 Å². The van der Waals surface area contributed by atoms with Crippen LogP contribution in [-0.4, -0.2) is 52.1 Å². The predicted octanol–water partition coefficient (Wildman–Crippen LogP) is 3.12. The first kappa shape index (κ1) is 21.0. The summed E-state index contributed by atoms with van der Waals surface area (Å²) < 4.78 is 16.7. The van der Waals surface area contributed by atoms with Gasteiger partial charge in [-0.3, -0.25) is 9.36 Å². The number of allylic oxidation sites excluding steroid dienone is 1. The van der Waals surface area contributed by atoms with Gasteiger partial charge in [-0.2, -0.15) is 0 Å². The molecule has 0 saturated carbocycles. The first-order valence-electron chi connectivity index (χ1n) is 8.22. The fraction of sp³-hybridized carbons (Fsp3) is 0.316. The number of carbonyl (C=O) groups is 3. The third kappa shape index (κ3) is 4.89. The molecule has 1 aromatic carbocycles. The van der Waals surface area contributed by atoms with Crippen molar-refractivity contribution in [2.45, 2.75) is 26.4 Å². The van der Waals surface area contributed by atoms with Crippen LogP contribution in [-0.2, 0) is 14.3 Å². The van der Waals surface area contributed by atoms with Crippen LogP contribution >= 0.6 is 0 Å². The van der Waals surface area contributed by atoms with E-state index in [0.717, 1.165) is 4.57 Å². The average Bonchev–Trinajstić information content (AvgIpc) is 2.97. The van der Waals surface area contributed by atoms with Gasteiger partial charge in [-0.1, -0.05) is 0 Å². The van der Waals surface area contributed by atoms with E-state index in [4.69, 9.17) is 19.3 Å².